The SMILES string of the molecule is CC(C)(C)OC(=O)NCC1(NC(=O)/C=C/c2cccc([N+](=O)[O-])c2)CCCC1. The van der Waals surface area contributed by atoms with Gasteiger partial charge in [0, 0.05) is 24.8 Å². The Labute approximate surface area is 164 Å². The van der Waals surface area contributed by atoms with E-state index in [1.165, 1.54) is 24.3 Å². The van der Waals surface area contributed by atoms with Crippen LogP contribution in [-0.2, 0) is 9.53 Å². The van der Waals surface area contributed by atoms with Crippen molar-refractivity contribution >= 4 is 23.8 Å². The van der Waals surface area contributed by atoms with Crippen LogP contribution in [0.25, 0.3) is 6.08 Å². The number of carbonyl (C=O) groups is 2. The molecule has 1 saturated carbocycles. The molecule has 28 heavy (non-hydrogen) atoms. The molecule has 0 heterocycles. The number of nitro groups is 1. The van der Waals surface area contributed by atoms with Crippen LogP contribution in [0.5, 0.6) is 0 Å². The summed E-state index contributed by atoms with van der Waals surface area (Å²) in [5, 5.41) is 16.6. The number of rotatable bonds is 6. The molecule has 0 saturated heterocycles. The van der Waals surface area contributed by atoms with Crippen LogP contribution >= 0.6 is 0 Å². The number of non-ortho nitro benzene ring substituents is 1. The quantitative estimate of drug-likeness (QED) is 0.439. The van der Waals surface area contributed by atoms with Crippen molar-refractivity contribution in [1.82, 2.24) is 10.6 Å². The van der Waals surface area contributed by atoms with Gasteiger partial charge in [-0.25, -0.2) is 4.79 Å². The lowest BCUT2D eigenvalue weighted by atomic mass is 9.97. The van der Waals surface area contributed by atoms with E-state index in [1.54, 1.807) is 32.9 Å². The molecule has 0 radical (unpaired) electrons. The summed E-state index contributed by atoms with van der Waals surface area (Å²) in [5.41, 5.74) is -0.564. The van der Waals surface area contributed by atoms with Crippen molar-refractivity contribution in [3.8, 4) is 0 Å². The van der Waals surface area contributed by atoms with Gasteiger partial charge in [-0.3, -0.25) is 14.9 Å². The maximum atomic E-state index is 12.4. The van der Waals surface area contributed by atoms with Gasteiger partial charge in [0.1, 0.15) is 5.60 Å². The van der Waals surface area contributed by atoms with Gasteiger partial charge in [-0.15, -0.1) is 0 Å². The molecule has 2 N–H and O–H groups in total. The van der Waals surface area contributed by atoms with Crippen LogP contribution < -0.4 is 10.6 Å². The number of nitrogens with zero attached hydrogens (tertiary/aromatic N) is 1. The molecule has 0 unspecified atom stereocenters. The zero-order valence-electron chi connectivity index (χ0n) is 16.5. The van der Waals surface area contributed by atoms with Gasteiger partial charge < -0.3 is 15.4 Å². The van der Waals surface area contributed by atoms with Gasteiger partial charge in [-0.05, 0) is 45.3 Å². The molecule has 1 fully saturated rings. The highest BCUT2D eigenvalue weighted by atomic mass is 16.6. The fourth-order valence-corrected chi connectivity index (χ4v) is 3.17. The Kier molecular flexibility index (Phi) is 6.77. The van der Waals surface area contributed by atoms with E-state index in [4.69, 9.17) is 4.74 Å². The van der Waals surface area contributed by atoms with Crippen molar-refractivity contribution in [1.29, 1.82) is 0 Å². The lowest BCUT2D eigenvalue weighted by Gasteiger charge is -2.30. The maximum absolute atomic E-state index is 12.4. The molecular weight excluding hydrogens is 362 g/mol. The predicted molar refractivity (Wildman–Crippen MR) is 106 cm³/mol. The zero-order chi connectivity index (χ0) is 20.8. The first-order valence-corrected chi connectivity index (χ1v) is 9.30. The molecule has 2 rings (SSSR count). The Hall–Kier alpha value is -2.90. The molecule has 0 bridgehead atoms. The van der Waals surface area contributed by atoms with Crippen LogP contribution in [-0.4, -0.2) is 34.6 Å². The average molecular weight is 389 g/mol. The summed E-state index contributed by atoms with van der Waals surface area (Å²) < 4.78 is 5.25. The van der Waals surface area contributed by atoms with Crippen molar-refractivity contribution in [2.45, 2.75) is 57.6 Å². The molecule has 8 nitrogen and oxygen atoms in total. The largest absolute Gasteiger partial charge is 0.444 e. The number of hydrogen-bond donors (Lipinski definition) is 2. The first-order chi connectivity index (χ1) is 13.1. The van der Waals surface area contributed by atoms with Gasteiger partial charge in [0.2, 0.25) is 5.91 Å². The zero-order valence-corrected chi connectivity index (χ0v) is 16.5. The van der Waals surface area contributed by atoms with Crippen molar-refractivity contribution in [2.24, 2.45) is 0 Å². The van der Waals surface area contributed by atoms with Crippen LogP contribution in [0.2, 0.25) is 0 Å². The third kappa shape index (κ3) is 6.68. The monoisotopic (exact) mass is 389 g/mol. The minimum atomic E-state index is -0.586. The molecule has 0 spiro atoms. The summed E-state index contributed by atoms with van der Waals surface area (Å²) in [6.07, 6.45) is 5.83. The van der Waals surface area contributed by atoms with Gasteiger partial charge in [0.25, 0.3) is 5.69 Å². The van der Waals surface area contributed by atoms with E-state index < -0.39 is 22.2 Å². The van der Waals surface area contributed by atoms with Crippen molar-refractivity contribution < 1.29 is 19.2 Å². The number of amides is 2. The Morgan fingerprint density at radius 1 is 1.29 bits per heavy atom. The molecule has 1 aliphatic carbocycles. The Bertz CT molecular complexity index is 761. The van der Waals surface area contributed by atoms with E-state index in [-0.39, 0.29) is 18.1 Å². The Morgan fingerprint density at radius 3 is 2.57 bits per heavy atom. The van der Waals surface area contributed by atoms with E-state index in [9.17, 15) is 19.7 Å². The first kappa shape index (κ1) is 21.4. The molecular formula is C20H27N3O5. The highest BCUT2D eigenvalue weighted by Crippen LogP contribution is 2.29. The van der Waals surface area contributed by atoms with Gasteiger partial charge >= 0.3 is 6.09 Å². The van der Waals surface area contributed by atoms with Crippen LogP contribution in [0.15, 0.2) is 30.3 Å². The van der Waals surface area contributed by atoms with Crippen LogP contribution in [0.4, 0.5) is 10.5 Å². The topological polar surface area (TPSA) is 111 Å². The highest BCUT2D eigenvalue weighted by molar-refractivity contribution is 5.92. The highest BCUT2D eigenvalue weighted by Gasteiger charge is 2.35. The lowest BCUT2D eigenvalue weighted by molar-refractivity contribution is -0.384. The van der Waals surface area contributed by atoms with Crippen LogP contribution in [0.3, 0.4) is 0 Å². The van der Waals surface area contributed by atoms with Crippen molar-refractivity contribution in [3.63, 3.8) is 0 Å². The second-order valence-electron chi connectivity index (χ2n) is 8.02. The van der Waals surface area contributed by atoms with E-state index in [0.29, 0.717) is 5.56 Å². The molecule has 0 atom stereocenters. The summed E-state index contributed by atoms with van der Waals surface area (Å²) in [4.78, 5) is 34.7. The summed E-state index contributed by atoms with van der Waals surface area (Å²) in [5.74, 6) is -0.306. The normalized spacial score (nSPS) is 16.0. The molecule has 1 aromatic rings. The summed E-state index contributed by atoms with van der Waals surface area (Å²) >= 11 is 0. The maximum Gasteiger partial charge on any atom is 0.407 e. The fraction of sp³-hybridized carbons (Fsp3) is 0.500. The predicted octanol–water partition coefficient (Wildman–Crippen LogP) is 3.56. The number of carbonyl (C=O) groups excluding carboxylic acids is 2. The van der Waals surface area contributed by atoms with Crippen LogP contribution in [0.1, 0.15) is 52.0 Å². The van der Waals surface area contributed by atoms with E-state index in [1.807, 2.05) is 0 Å². The summed E-state index contributed by atoms with van der Waals surface area (Å²) in [6, 6.07) is 6.05. The first-order valence-electron chi connectivity index (χ1n) is 9.30. The standard InChI is InChI=1S/C20H27N3O5/c1-19(2,3)28-18(25)21-14-20(11-4-5-12-20)22-17(24)10-9-15-7-6-8-16(13-15)23(26)27/h6-10,13H,4-5,11-12,14H2,1-3H3,(H,21,25)(H,22,24)/b10-9+. The molecule has 0 aromatic heterocycles. The minimum Gasteiger partial charge on any atom is -0.444 e. The number of ether oxygens (including phenoxy) is 1. The van der Waals surface area contributed by atoms with E-state index in [0.717, 1.165) is 25.7 Å². The minimum absolute atomic E-state index is 0.0311. The lowest BCUT2D eigenvalue weighted by Crippen LogP contribution is -2.54. The van der Waals surface area contributed by atoms with Gasteiger partial charge in [0.05, 0.1) is 10.5 Å². The summed E-state index contributed by atoms with van der Waals surface area (Å²) in [6.45, 7) is 5.66. The number of nitrogens with one attached hydrogen (secondary N) is 2. The third-order valence-electron chi connectivity index (χ3n) is 4.43. The van der Waals surface area contributed by atoms with Gasteiger partial charge in [0.15, 0.2) is 0 Å². The molecule has 0 aliphatic heterocycles. The molecule has 1 aliphatic rings. The molecule has 1 aromatic carbocycles. The van der Waals surface area contributed by atoms with E-state index >= 15 is 0 Å². The van der Waals surface area contributed by atoms with Crippen molar-refractivity contribution in [2.75, 3.05) is 6.54 Å². The Morgan fingerprint density at radius 2 is 1.96 bits per heavy atom. The van der Waals surface area contributed by atoms with E-state index in [2.05, 4.69) is 10.6 Å². The van der Waals surface area contributed by atoms with Gasteiger partial charge in [-0.1, -0.05) is 25.0 Å². The second-order valence-corrected chi connectivity index (χ2v) is 8.02. The third-order valence-corrected chi connectivity index (χ3v) is 4.43. The average Bonchev–Trinajstić information content (AvgIpc) is 3.06. The Balaban J connectivity index is 1.97. The molecule has 8 heteroatoms. The smallest absolute Gasteiger partial charge is 0.407 e. The molecule has 2 amide bonds. The molecule has 152 valence electrons. The van der Waals surface area contributed by atoms with Gasteiger partial charge in [-0.2, -0.15) is 0 Å². The number of nitro benzene ring substituents is 1. The number of alkyl carbamates (subject to hydrolysis) is 1. The second kappa shape index (κ2) is 8.86. The summed E-state index contributed by atoms with van der Waals surface area (Å²) in [7, 11) is 0. The number of benzene rings is 1. The fourth-order valence-electron chi connectivity index (χ4n) is 3.17. The van der Waals surface area contributed by atoms with Crippen molar-refractivity contribution in [3.05, 3.63) is 46.0 Å². The number of hydrogen-bond acceptors (Lipinski definition) is 5. The van der Waals surface area contributed by atoms with Crippen LogP contribution in [0, 0.1) is 10.1 Å².